The number of hydrogen-bond donors (Lipinski definition) is 2. The van der Waals surface area contributed by atoms with E-state index < -0.39 is 0 Å². The predicted octanol–water partition coefficient (Wildman–Crippen LogP) is 2.33. The van der Waals surface area contributed by atoms with E-state index in [4.69, 9.17) is 0 Å². The summed E-state index contributed by atoms with van der Waals surface area (Å²) in [5, 5.41) is 8.03. The van der Waals surface area contributed by atoms with Gasteiger partial charge in [0.05, 0.1) is 23.6 Å². The highest BCUT2D eigenvalue weighted by atomic mass is 15.3. The van der Waals surface area contributed by atoms with Crippen LogP contribution < -0.4 is 5.32 Å². The first-order valence-electron chi connectivity index (χ1n) is 7.03. The molecule has 1 atom stereocenters. The fourth-order valence-electron chi connectivity index (χ4n) is 2.95. The van der Waals surface area contributed by atoms with E-state index in [0.717, 1.165) is 30.3 Å². The molecule has 1 saturated heterocycles. The smallest absolute Gasteiger partial charge is 0.123 e. The molecule has 0 saturated carbocycles. The van der Waals surface area contributed by atoms with Gasteiger partial charge < -0.3 is 10.3 Å². The van der Waals surface area contributed by atoms with Gasteiger partial charge in [0, 0.05) is 17.8 Å². The molecule has 2 N–H and O–H groups in total. The minimum absolute atomic E-state index is 0.385. The van der Waals surface area contributed by atoms with Gasteiger partial charge in [0.2, 0.25) is 0 Å². The molecule has 0 aromatic carbocycles. The number of nitrogens with one attached hydrogen (secondary N) is 2. The number of aromatic nitrogens is 4. The molecule has 19 heavy (non-hydrogen) atoms. The summed E-state index contributed by atoms with van der Waals surface area (Å²) >= 11 is 0. The third-order valence-electron chi connectivity index (χ3n) is 3.94. The fourth-order valence-corrected chi connectivity index (χ4v) is 2.95. The van der Waals surface area contributed by atoms with Gasteiger partial charge in [0.25, 0.3) is 0 Å². The highest BCUT2D eigenvalue weighted by Gasteiger charge is 2.21. The van der Waals surface area contributed by atoms with Crippen molar-refractivity contribution in [3.8, 4) is 11.3 Å². The number of aromatic amines is 1. The van der Waals surface area contributed by atoms with Gasteiger partial charge in [-0.05, 0) is 40.2 Å². The Morgan fingerprint density at radius 3 is 2.89 bits per heavy atom. The standard InChI is InChI=1S/C14H21N5/c1-4-19-10(3)13(9(2)18-19)12-8-16-14(17-12)11-6-5-7-15-11/h8,11,15H,4-7H2,1-3H3,(H,16,17). The molecule has 1 fully saturated rings. The number of hydrogen-bond acceptors (Lipinski definition) is 3. The summed E-state index contributed by atoms with van der Waals surface area (Å²) in [6.07, 6.45) is 4.33. The van der Waals surface area contributed by atoms with Crippen LogP contribution >= 0.6 is 0 Å². The average molecular weight is 259 g/mol. The van der Waals surface area contributed by atoms with Gasteiger partial charge in [0.1, 0.15) is 5.82 Å². The van der Waals surface area contributed by atoms with E-state index in [1.807, 2.05) is 10.9 Å². The van der Waals surface area contributed by atoms with Crippen LogP contribution in [0.3, 0.4) is 0 Å². The molecule has 0 amide bonds. The van der Waals surface area contributed by atoms with E-state index in [1.54, 1.807) is 0 Å². The van der Waals surface area contributed by atoms with Crippen molar-refractivity contribution in [2.75, 3.05) is 6.54 Å². The zero-order chi connectivity index (χ0) is 13.4. The Morgan fingerprint density at radius 2 is 2.26 bits per heavy atom. The number of aryl methyl sites for hydroxylation is 2. The maximum absolute atomic E-state index is 4.57. The third-order valence-corrected chi connectivity index (χ3v) is 3.94. The summed E-state index contributed by atoms with van der Waals surface area (Å²) in [4.78, 5) is 8.00. The molecule has 1 aliphatic heterocycles. The summed E-state index contributed by atoms with van der Waals surface area (Å²) in [5.74, 6) is 1.05. The Kier molecular flexibility index (Phi) is 3.14. The lowest BCUT2D eigenvalue weighted by Gasteiger charge is -2.05. The molecule has 3 rings (SSSR count). The molecule has 5 heteroatoms. The zero-order valence-corrected chi connectivity index (χ0v) is 11.8. The number of rotatable bonds is 3. The minimum Gasteiger partial charge on any atom is -0.341 e. The van der Waals surface area contributed by atoms with Gasteiger partial charge in [-0.2, -0.15) is 5.10 Å². The van der Waals surface area contributed by atoms with Gasteiger partial charge in [-0.15, -0.1) is 0 Å². The number of H-pyrrole nitrogens is 1. The van der Waals surface area contributed by atoms with E-state index in [-0.39, 0.29) is 0 Å². The van der Waals surface area contributed by atoms with Crippen molar-refractivity contribution < 1.29 is 0 Å². The van der Waals surface area contributed by atoms with Crippen LogP contribution in [-0.2, 0) is 6.54 Å². The normalized spacial score (nSPS) is 19.2. The monoisotopic (exact) mass is 259 g/mol. The lowest BCUT2D eigenvalue weighted by Crippen LogP contribution is -2.14. The lowest BCUT2D eigenvalue weighted by molar-refractivity contribution is 0.613. The van der Waals surface area contributed by atoms with Crippen molar-refractivity contribution in [1.29, 1.82) is 0 Å². The van der Waals surface area contributed by atoms with Crippen LogP contribution in [0.15, 0.2) is 6.20 Å². The predicted molar refractivity (Wildman–Crippen MR) is 74.9 cm³/mol. The number of nitrogens with zero attached hydrogens (tertiary/aromatic N) is 3. The van der Waals surface area contributed by atoms with Crippen molar-refractivity contribution in [2.45, 2.75) is 46.2 Å². The molecule has 0 bridgehead atoms. The van der Waals surface area contributed by atoms with Crippen LogP contribution in [-0.4, -0.2) is 26.3 Å². The molecule has 0 aliphatic carbocycles. The summed E-state index contributed by atoms with van der Waals surface area (Å²) < 4.78 is 2.04. The van der Waals surface area contributed by atoms with Gasteiger partial charge >= 0.3 is 0 Å². The summed E-state index contributed by atoms with van der Waals surface area (Å²) in [6.45, 7) is 8.28. The van der Waals surface area contributed by atoms with Crippen LogP contribution in [0.1, 0.15) is 43.0 Å². The van der Waals surface area contributed by atoms with Crippen LogP contribution in [0.4, 0.5) is 0 Å². The molecule has 102 valence electrons. The molecular formula is C14H21N5. The minimum atomic E-state index is 0.385. The van der Waals surface area contributed by atoms with E-state index in [1.165, 1.54) is 24.1 Å². The van der Waals surface area contributed by atoms with Crippen LogP contribution in [0.25, 0.3) is 11.3 Å². The highest BCUT2D eigenvalue weighted by Crippen LogP contribution is 2.28. The van der Waals surface area contributed by atoms with Gasteiger partial charge in [-0.3, -0.25) is 4.68 Å². The highest BCUT2D eigenvalue weighted by molar-refractivity contribution is 5.64. The molecular weight excluding hydrogens is 238 g/mol. The van der Waals surface area contributed by atoms with Crippen molar-refractivity contribution in [3.05, 3.63) is 23.4 Å². The Balaban J connectivity index is 1.96. The first kappa shape index (κ1) is 12.4. The summed E-state index contributed by atoms with van der Waals surface area (Å²) in [5.41, 5.74) is 4.54. The first-order valence-corrected chi connectivity index (χ1v) is 7.03. The van der Waals surface area contributed by atoms with Crippen LogP contribution in [0.2, 0.25) is 0 Å². The molecule has 1 aliphatic rings. The molecule has 3 heterocycles. The van der Waals surface area contributed by atoms with Crippen molar-refractivity contribution in [3.63, 3.8) is 0 Å². The van der Waals surface area contributed by atoms with Crippen LogP contribution in [0.5, 0.6) is 0 Å². The Hall–Kier alpha value is -1.62. The molecule has 1 unspecified atom stereocenters. The second-order valence-corrected chi connectivity index (χ2v) is 5.19. The largest absolute Gasteiger partial charge is 0.341 e. The SMILES string of the molecule is CCn1nc(C)c(-c2cnc(C3CCCN3)[nH]2)c1C. The third kappa shape index (κ3) is 2.08. The van der Waals surface area contributed by atoms with E-state index >= 15 is 0 Å². The van der Waals surface area contributed by atoms with Crippen LogP contribution in [0, 0.1) is 13.8 Å². The number of imidazole rings is 1. The fraction of sp³-hybridized carbons (Fsp3) is 0.571. The van der Waals surface area contributed by atoms with Crippen molar-refractivity contribution in [2.24, 2.45) is 0 Å². The average Bonchev–Trinajstić information content (AvgIpc) is 3.08. The Labute approximate surface area is 113 Å². The van der Waals surface area contributed by atoms with Gasteiger partial charge in [-0.25, -0.2) is 4.98 Å². The summed E-state index contributed by atoms with van der Waals surface area (Å²) in [6, 6.07) is 0.385. The first-order chi connectivity index (χ1) is 9.20. The second kappa shape index (κ2) is 4.81. The quantitative estimate of drug-likeness (QED) is 0.889. The Morgan fingerprint density at radius 1 is 1.42 bits per heavy atom. The van der Waals surface area contributed by atoms with Crippen molar-refractivity contribution >= 4 is 0 Å². The lowest BCUT2D eigenvalue weighted by atomic mass is 10.1. The summed E-state index contributed by atoms with van der Waals surface area (Å²) in [7, 11) is 0. The van der Waals surface area contributed by atoms with Gasteiger partial charge in [-0.1, -0.05) is 0 Å². The molecule has 2 aromatic heterocycles. The molecule has 5 nitrogen and oxygen atoms in total. The maximum atomic E-state index is 4.57. The van der Waals surface area contributed by atoms with E-state index in [2.05, 4.69) is 41.2 Å². The molecule has 2 aromatic rings. The van der Waals surface area contributed by atoms with Gasteiger partial charge in [0.15, 0.2) is 0 Å². The maximum Gasteiger partial charge on any atom is 0.123 e. The molecule has 0 spiro atoms. The second-order valence-electron chi connectivity index (χ2n) is 5.19. The zero-order valence-electron chi connectivity index (χ0n) is 11.8. The van der Waals surface area contributed by atoms with E-state index in [0.29, 0.717) is 6.04 Å². The Bertz CT molecular complexity index is 575. The topological polar surface area (TPSA) is 58.5 Å². The van der Waals surface area contributed by atoms with Crippen molar-refractivity contribution in [1.82, 2.24) is 25.1 Å². The van der Waals surface area contributed by atoms with E-state index in [9.17, 15) is 0 Å². The molecule has 0 radical (unpaired) electrons.